The number of pyridine rings is 1. The molecule has 0 bridgehead atoms. The molecule has 6 nitrogen and oxygen atoms in total. The van der Waals surface area contributed by atoms with E-state index in [2.05, 4.69) is 27.2 Å². The Kier molecular flexibility index (Phi) is 7.50. The Hall–Kier alpha value is -2.25. The molecule has 1 saturated heterocycles. The number of hydrogen-bond acceptors (Lipinski definition) is 5. The molecule has 2 rings (SSSR count). The van der Waals surface area contributed by atoms with Gasteiger partial charge in [0.1, 0.15) is 11.6 Å². The highest BCUT2D eigenvalue weighted by Gasteiger charge is 2.29. The third-order valence-electron chi connectivity index (χ3n) is 4.91. The molecular formula is C20H30FN5O. The van der Waals surface area contributed by atoms with Crippen molar-refractivity contribution in [2.75, 3.05) is 19.6 Å². The Bertz CT molecular complexity index is 695. The summed E-state index contributed by atoms with van der Waals surface area (Å²) in [5.41, 5.74) is 2.93. The molecule has 1 aliphatic heterocycles. The lowest BCUT2D eigenvalue weighted by Crippen LogP contribution is -2.43. The first-order chi connectivity index (χ1) is 12.8. The number of amides is 1. The molecule has 4 N–H and O–H groups in total. The van der Waals surface area contributed by atoms with Crippen LogP contribution in [0.15, 0.2) is 36.9 Å². The molecule has 1 fully saturated rings. The molecule has 0 spiro atoms. The summed E-state index contributed by atoms with van der Waals surface area (Å²) in [6.45, 7) is 10.8. The van der Waals surface area contributed by atoms with Gasteiger partial charge in [-0.15, -0.1) is 0 Å². The topological polar surface area (TPSA) is 83.3 Å². The van der Waals surface area contributed by atoms with Crippen LogP contribution >= 0.6 is 0 Å². The van der Waals surface area contributed by atoms with Crippen molar-refractivity contribution < 1.29 is 9.18 Å². The smallest absolute Gasteiger partial charge is 0.231 e. The van der Waals surface area contributed by atoms with Gasteiger partial charge in [-0.05, 0) is 56.6 Å². The molecular weight excluding hydrogens is 345 g/mol. The molecule has 0 unspecified atom stereocenters. The highest BCUT2D eigenvalue weighted by atomic mass is 19.1. The number of nitrogens with one attached hydrogen (secondary N) is 2. The Balaban J connectivity index is 1.96. The summed E-state index contributed by atoms with van der Waals surface area (Å²) >= 11 is 0. The Morgan fingerprint density at radius 2 is 2.07 bits per heavy atom. The SMILES string of the molecule is C=C(/C=C(\NN)NC(=O)C(C)(C)CCN1CCCCC1)c1cncc(F)c1. The molecule has 0 aromatic carbocycles. The molecule has 0 aliphatic carbocycles. The van der Waals surface area contributed by atoms with Crippen molar-refractivity contribution in [3.8, 4) is 0 Å². The Morgan fingerprint density at radius 1 is 1.37 bits per heavy atom. The van der Waals surface area contributed by atoms with E-state index in [4.69, 9.17) is 5.84 Å². The quantitative estimate of drug-likeness (QED) is 0.369. The number of nitrogens with zero attached hydrogens (tertiary/aromatic N) is 2. The van der Waals surface area contributed by atoms with Gasteiger partial charge in [-0.25, -0.2) is 10.2 Å². The van der Waals surface area contributed by atoms with Crippen LogP contribution < -0.4 is 16.6 Å². The molecule has 7 heteroatoms. The van der Waals surface area contributed by atoms with Crippen molar-refractivity contribution >= 4 is 11.5 Å². The van der Waals surface area contributed by atoms with Gasteiger partial charge in [-0.1, -0.05) is 26.8 Å². The van der Waals surface area contributed by atoms with Crippen LogP contribution in [0.3, 0.4) is 0 Å². The first kappa shape index (κ1) is 21.1. The average Bonchev–Trinajstić information content (AvgIpc) is 2.66. The van der Waals surface area contributed by atoms with Crippen LogP contribution in [0.1, 0.15) is 45.1 Å². The summed E-state index contributed by atoms with van der Waals surface area (Å²) in [7, 11) is 0. The van der Waals surface area contributed by atoms with E-state index in [0.717, 1.165) is 32.3 Å². The number of carbonyl (C=O) groups is 1. The summed E-state index contributed by atoms with van der Waals surface area (Å²) < 4.78 is 13.3. The standard InChI is InChI=1S/C20H30FN5O/c1-15(16-12-17(21)14-23-13-16)11-18(25-22)24-19(27)20(2,3)7-10-26-8-5-4-6-9-26/h11-14,25H,1,4-10,22H2,2-3H3,(H,24,27)/b18-11-. The zero-order valence-electron chi connectivity index (χ0n) is 16.2. The summed E-state index contributed by atoms with van der Waals surface area (Å²) in [6.07, 6.45) is 8.69. The maximum atomic E-state index is 13.3. The molecule has 2 heterocycles. The summed E-state index contributed by atoms with van der Waals surface area (Å²) in [4.78, 5) is 18.9. The van der Waals surface area contributed by atoms with Crippen LogP contribution in [0, 0.1) is 11.2 Å². The molecule has 0 saturated carbocycles. The van der Waals surface area contributed by atoms with E-state index in [1.54, 1.807) is 6.08 Å². The Morgan fingerprint density at radius 3 is 2.70 bits per heavy atom. The maximum absolute atomic E-state index is 13.3. The van der Waals surface area contributed by atoms with Crippen molar-refractivity contribution in [1.29, 1.82) is 0 Å². The molecule has 1 aliphatic rings. The van der Waals surface area contributed by atoms with E-state index in [0.29, 0.717) is 17.0 Å². The normalized spacial score (nSPS) is 16.1. The van der Waals surface area contributed by atoms with Gasteiger partial charge in [0.15, 0.2) is 0 Å². The summed E-state index contributed by atoms with van der Waals surface area (Å²) in [5, 5.41) is 2.80. The molecule has 0 atom stereocenters. The van der Waals surface area contributed by atoms with Crippen LogP contribution in [0.25, 0.3) is 5.57 Å². The van der Waals surface area contributed by atoms with E-state index in [9.17, 15) is 9.18 Å². The number of rotatable bonds is 8. The highest BCUT2D eigenvalue weighted by molar-refractivity contribution is 5.84. The van der Waals surface area contributed by atoms with Crippen LogP contribution in [0.2, 0.25) is 0 Å². The zero-order valence-corrected chi connectivity index (χ0v) is 16.2. The van der Waals surface area contributed by atoms with Crippen LogP contribution in [-0.2, 0) is 4.79 Å². The van der Waals surface area contributed by atoms with Crippen LogP contribution in [-0.4, -0.2) is 35.4 Å². The molecule has 1 amide bonds. The first-order valence-corrected chi connectivity index (χ1v) is 9.34. The predicted octanol–water partition coefficient (Wildman–Crippen LogP) is 2.56. The number of halogens is 1. The fraction of sp³-hybridized carbons (Fsp3) is 0.500. The number of carbonyl (C=O) groups excluding carboxylic acids is 1. The van der Waals surface area contributed by atoms with Gasteiger partial charge in [-0.2, -0.15) is 0 Å². The number of hydrogen-bond donors (Lipinski definition) is 3. The number of piperidine rings is 1. The van der Waals surface area contributed by atoms with E-state index in [1.807, 2.05) is 13.8 Å². The van der Waals surface area contributed by atoms with Crippen LogP contribution in [0.4, 0.5) is 4.39 Å². The van der Waals surface area contributed by atoms with Gasteiger partial charge in [0, 0.05) is 17.2 Å². The molecule has 1 aromatic heterocycles. The van der Waals surface area contributed by atoms with Crippen molar-refractivity contribution in [2.45, 2.75) is 39.5 Å². The predicted molar refractivity (Wildman–Crippen MR) is 105 cm³/mol. The van der Waals surface area contributed by atoms with Crippen LogP contribution in [0.5, 0.6) is 0 Å². The second-order valence-corrected chi connectivity index (χ2v) is 7.61. The monoisotopic (exact) mass is 375 g/mol. The molecule has 0 radical (unpaired) electrons. The van der Waals surface area contributed by atoms with Crippen molar-refractivity contribution in [1.82, 2.24) is 20.6 Å². The van der Waals surface area contributed by atoms with Gasteiger partial charge < -0.3 is 15.6 Å². The third kappa shape index (κ3) is 6.45. The number of likely N-dealkylation sites (tertiary alicyclic amines) is 1. The summed E-state index contributed by atoms with van der Waals surface area (Å²) in [6, 6.07) is 1.32. The van der Waals surface area contributed by atoms with Gasteiger partial charge in [0.2, 0.25) is 5.91 Å². The second kappa shape index (κ2) is 9.62. The lowest BCUT2D eigenvalue weighted by molar-refractivity contribution is -0.129. The highest BCUT2D eigenvalue weighted by Crippen LogP contribution is 2.23. The minimum atomic E-state index is -0.546. The van der Waals surface area contributed by atoms with E-state index < -0.39 is 11.2 Å². The fourth-order valence-corrected chi connectivity index (χ4v) is 2.98. The third-order valence-corrected chi connectivity index (χ3v) is 4.91. The first-order valence-electron chi connectivity index (χ1n) is 9.34. The molecule has 148 valence electrons. The largest absolute Gasteiger partial charge is 0.311 e. The molecule has 27 heavy (non-hydrogen) atoms. The summed E-state index contributed by atoms with van der Waals surface area (Å²) in [5.74, 6) is 5.26. The fourth-order valence-electron chi connectivity index (χ4n) is 2.98. The zero-order chi connectivity index (χ0) is 19.9. The van der Waals surface area contributed by atoms with E-state index >= 15 is 0 Å². The van der Waals surface area contributed by atoms with Crippen molar-refractivity contribution in [3.63, 3.8) is 0 Å². The number of allylic oxidation sites excluding steroid dienone is 2. The second-order valence-electron chi connectivity index (χ2n) is 7.61. The van der Waals surface area contributed by atoms with Gasteiger partial charge in [-0.3, -0.25) is 9.78 Å². The number of nitrogens with two attached hydrogens (primary N) is 1. The number of hydrazine groups is 1. The van der Waals surface area contributed by atoms with Gasteiger partial charge in [0.05, 0.1) is 6.20 Å². The van der Waals surface area contributed by atoms with Crippen molar-refractivity contribution in [2.24, 2.45) is 11.3 Å². The minimum absolute atomic E-state index is 0.131. The van der Waals surface area contributed by atoms with Gasteiger partial charge in [0.25, 0.3) is 0 Å². The van der Waals surface area contributed by atoms with E-state index in [1.165, 1.54) is 31.5 Å². The van der Waals surface area contributed by atoms with Gasteiger partial charge >= 0.3 is 0 Å². The molecule has 1 aromatic rings. The minimum Gasteiger partial charge on any atom is -0.311 e. The number of aromatic nitrogens is 1. The average molecular weight is 375 g/mol. The lowest BCUT2D eigenvalue weighted by Gasteiger charge is -2.31. The van der Waals surface area contributed by atoms with Crippen molar-refractivity contribution in [3.05, 3.63) is 48.3 Å². The lowest BCUT2D eigenvalue weighted by atomic mass is 9.87. The van der Waals surface area contributed by atoms with E-state index in [-0.39, 0.29) is 5.91 Å². The Labute approximate surface area is 160 Å². The maximum Gasteiger partial charge on any atom is 0.231 e.